The monoisotopic (exact) mass is 368 g/mol. The molecule has 1 aromatic carbocycles. The van der Waals surface area contributed by atoms with Gasteiger partial charge >= 0.3 is 0 Å². The smallest absolute Gasteiger partial charge is 0.255 e. The Balaban J connectivity index is 1.37. The molecule has 3 unspecified atom stereocenters. The van der Waals surface area contributed by atoms with Gasteiger partial charge in [0.15, 0.2) is 0 Å². The lowest BCUT2D eigenvalue weighted by atomic mass is 9.97. The molecule has 7 heteroatoms. The first-order valence-corrected chi connectivity index (χ1v) is 9.79. The van der Waals surface area contributed by atoms with E-state index in [1.165, 1.54) is 6.42 Å². The summed E-state index contributed by atoms with van der Waals surface area (Å²) in [5.41, 5.74) is 2.79. The number of carbonyl (C=O) groups excluding carboxylic acids is 3. The number of nitrogens with zero attached hydrogens (tertiary/aromatic N) is 2. The van der Waals surface area contributed by atoms with E-state index < -0.39 is 6.04 Å². The van der Waals surface area contributed by atoms with E-state index in [1.807, 2.05) is 18.2 Å². The van der Waals surface area contributed by atoms with E-state index in [0.717, 1.165) is 42.9 Å². The molecule has 0 spiro atoms. The Bertz CT molecular complexity index is 811. The third kappa shape index (κ3) is 2.95. The van der Waals surface area contributed by atoms with Crippen molar-refractivity contribution in [1.29, 1.82) is 0 Å². The third-order valence-electron chi connectivity index (χ3n) is 6.34. The maximum absolute atomic E-state index is 13.2. The van der Waals surface area contributed by atoms with Crippen LogP contribution in [0.1, 0.15) is 40.7 Å². The Hall–Kier alpha value is -2.25. The molecule has 142 valence electrons. The first kappa shape index (κ1) is 16.9. The van der Waals surface area contributed by atoms with Gasteiger partial charge in [0, 0.05) is 44.2 Å². The van der Waals surface area contributed by atoms with Crippen LogP contribution >= 0.6 is 0 Å². The second-order valence-corrected chi connectivity index (χ2v) is 8.25. The standard InChI is InChI=1S/C20H24N4O3/c25-17-5-4-16(19(26)22-17)24-10-14-3-1-2-13(18(14)20(24)27)9-23-8-12-6-15(11-23)21-7-12/h1-3,12,15-16,21H,4-11H2,(H,22,25,26). The van der Waals surface area contributed by atoms with Gasteiger partial charge in [-0.3, -0.25) is 24.6 Å². The highest BCUT2D eigenvalue weighted by Gasteiger charge is 2.40. The van der Waals surface area contributed by atoms with E-state index in [0.29, 0.717) is 24.9 Å². The number of likely N-dealkylation sites (tertiary alicyclic amines) is 1. The minimum Gasteiger partial charge on any atom is -0.322 e. The summed E-state index contributed by atoms with van der Waals surface area (Å²) >= 11 is 0. The van der Waals surface area contributed by atoms with Crippen LogP contribution in [-0.2, 0) is 22.7 Å². The number of benzene rings is 1. The lowest BCUT2D eigenvalue weighted by molar-refractivity contribution is -0.136. The van der Waals surface area contributed by atoms with Crippen LogP contribution in [0.15, 0.2) is 18.2 Å². The summed E-state index contributed by atoms with van der Waals surface area (Å²) in [6.45, 7) is 4.40. The van der Waals surface area contributed by atoms with Crippen molar-refractivity contribution in [2.24, 2.45) is 5.92 Å². The fourth-order valence-electron chi connectivity index (χ4n) is 5.12. The van der Waals surface area contributed by atoms with Crippen molar-refractivity contribution >= 4 is 17.7 Å². The zero-order chi connectivity index (χ0) is 18.5. The molecule has 3 fully saturated rings. The van der Waals surface area contributed by atoms with Crippen LogP contribution in [0.4, 0.5) is 0 Å². The van der Waals surface area contributed by atoms with E-state index in [1.54, 1.807) is 4.90 Å². The Morgan fingerprint density at radius 2 is 2.04 bits per heavy atom. The number of hydrogen-bond donors (Lipinski definition) is 2. The minimum atomic E-state index is -0.550. The van der Waals surface area contributed by atoms with Crippen molar-refractivity contribution in [3.8, 4) is 0 Å². The second kappa shape index (κ2) is 6.42. The molecule has 0 aromatic heterocycles. The van der Waals surface area contributed by atoms with Crippen LogP contribution in [0.3, 0.4) is 0 Å². The molecule has 1 aromatic rings. The minimum absolute atomic E-state index is 0.0757. The Labute approximate surface area is 158 Å². The van der Waals surface area contributed by atoms with Crippen LogP contribution in [0, 0.1) is 5.92 Å². The normalized spacial score (nSPS) is 30.6. The highest BCUT2D eigenvalue weighted by atomic mass is 16.2. The van der Waals surface area contributed by atoms with Gasteiger partial charge < -0.3 is 10.2 Å². The molecule has 2 bridgehead atoms. The Kier molecular flexibility index (Phi) is 4.02. The van der Waals surface area contributed by atoms with Crippen LogP contribution < -0.4 is 10.6 Å². The lowest BCUT2D eigenvalue weighted by Gasteiger charge is -2.31. The molecule has 3 atom stereocenters. The number of fused-ring (bicyclic) bond motifs is 3. The van der Waals surface area contributed by atoms with Crippen molar-refractivity contribution in [2.75, 3.05) is 19.6 Å². The number of rotatable bonds is 3. The molecule has 4 aliphatic rings. The van der Waals surface area contributed by atoms with Crippen LogP contribution in [-0.4, -0.2) is 59.2 Å². The average Bonchev–Trinajstić information content (AvgIpc) is 3.15. The summed E-state index contributed by atoms with van der Waals surface area (Å²) in [5, 5.41) is 5.93. The van der Waals surface area contributed by atoms with E-state index in [-0.39, 0.29) is 24.1 Å². The Morgan fingerprint density at radius 1 is 1.15 bits per heavy atom. The van der Waals surface area contributed by atoms with E-state index in [4.69, 9.17) is 0 Å². The topological polar surface area (TPSA) is 81.8 Å². The van der Waals surface area contributed by atoms with Gasteiger partial charge in [0.1, 0.15) is 6.04 Å². The van der Waals surface area contributed by atoms with Crippen molar-refractivity contribution in [3.05, 3.63) is 34.9 Å². The summed E-state index contributed by atoms with van der Waals surface area (Å²) < 4.78 is 0. The van der Waals surface area contributed by atoms with Crippen LogP contribution in [0.25, 0.3) is 0 Å². The summed E-state index contributed by atoms with van der Waals surface area (Å²) in [5.74, 6) is 0.0199. The molecule has 0 saturated carbocycles. The number of carbonyl (C=O) groups is 3. The van der Waals surface area contributed by atoms with Gasteiger partial charge in [0.25, 0.3) is 5.91 Å². The van der Waals surface area contributed by atoms with Gasteiger partial charge in [-0.25, -0.2) is 0 Å². The van der Waals surface area contributed by atoms with E-state index in [9.17, 15) is 14.4 Å². The molecule has 27 heavy (non-hydrogen) atoms. The zero-order valence-corrected chi connectivity index (χ0v) is 15.2. The first-order chi connectivity index (χ1) is 13.1. The van der Waals surface area contributed by atoms with Crippen LogP contribution in [0.2, 0.25) is 0 Å². The van der Waals surface area contributed by atoms with E-state index >= 15 is 0 Å². The fourth-order valence-corrected chi connectivity index (χ4v) is 5.12. The maximum Gasteiger partial charge on any atom is 0.255 e. The maximum atomic E-state index is 13.2. The summed E-state index contributed by atoms with van der Waals surface area (Å²) in [6, 6.07) is 6.03. The van der Waals surface area contributed by atoms with Crippen LogP contribution in [0.5, 0.6) is 0 Å². The molecule has 5 rings (SSSR count). The number of hydrogen-bond acceptors (Lipinski definition) is 5. The average molecular weight is 368 g/mol. The van der Waals surface area contributed by atoms with Crippen molar-refractivity contribution in [2.45, 2.75) is 44.4 Å². The van der Waals surface area contributed by atoms with Gasteiger partial charge in [-0.1, -0.05) is 18.2 Å². The summed E-state index contributed by atoms with van der Waals surface area (Å²) in [7, 11) is 0. The summed E-state index contributed by atoms with van der Waals surface area (Å²) in [4.78, 5) is 40.9. The first-order valence-electron chi connectivity index (χ1n) is 9.79. The number of imide groups is 1. The van der Waals surface area contributed by atoms with Gasteiger partial charge in [0.05, 0.1) is 0 Å². The molecule has 7 nitrogen and oxygen atoms in total. The van der Waals surface area contributed by atoms with Gasteiger partial charge in [0.2, 0.25) is 11.8 Å². The van der Waals surface area contributed by atoms with Gasteiger partial charge in [-0.15, -0.1) is 0 Å². The molecular weight excluding hydrogens is 344 g/mol. The molecular formula is C20H24N4O3. The highest BCUT2D eigenvalue weighted by molar-refractivity contribution is 6.05. The molecule has 0 radical (unpaired) electrons. The highest BCUT2D eigenvalue weighted by Crippen LogP contribution is 2.31. The lowest BCUT2D eigenvalue weighted by Crippen LogP contribution is -2.52. The summed E-state index contributed by atoms with van der Waals surface area (Å²) in [6.07, 6.45) is 1.94. The fraction of sp³-hybridized carbons (Fsp3) is 0.550. The molecule has 3 amide bonds. The second-order valence-electron chi connectivity index (χ2n) is 8.25. The van der Waals surface area contributed by atoms with Crippen molar-refractivity contribution in [3.63, 3.8) is 0 Å². The van der Waals surface area contributed by atoms with Gasteiger partial charge in [-0.2, -0.15) is 0 Å². The predicted octanol–water partition coefficient (Wildman–Crippen LogP) is 0.241. The quantitative estimate of drug-likeness (QED) is 0.747. The van der Waals surface area contributed by atoms with Gasteiger partial charge in [-0.05, 0) is 36.4 Å². The number of nitrogens with one attached hydrogen (secondary N) is 2. The van der Waals surface area contributed by atoms with Crippen molar-refractivity contribution < 1.29 is 14.4 Å². The Morgan fingerprint density at radius 3 is 2.85 bits per heavy atom. The van der Waals surface area contributed by atoms with E-state index in [2.05, 4.69) is 15.5 Å². The van der Waals surface area contributed by atoms with Crippen molar-refractivity contribution in [1.82, 2.24) is 20.4 Å². The molecule has 0 aliphatic carbocycles. The number of piperidine rings is 2. The number of amides is 3. The molecule has 2 N–H and O–H groups in total. The third-order valence-corrected chi connectivity index (χ3v) is 6.34. The molecule has 3 saturated heterocycles. The predicted molar refractivity (Wildman–Crippen MR) is 97.7 cm³/mol. The SMILES string of the molecule is O=C1CCC(N2Cc3cccc(CN4CC5CNC(C5)C4)c3C2=O)C(=O)N1. The molecule has 4 aliphatic heterocycles. The largest absolute Gasteiger partial charge is 0.322 e. The zero-order valence-electron chi connectivity index (χ0n) is 15.2. The molecule has 4 heterocycles.